The molecule has 0 bridgehead atoms. The Bertz CT molecular complexity index is 1220. The highest BCUT2D eigenvalue weighted by Gasteiger charge is 2.20. The first-order chi connectivity index (χ1) is 14.2. The van der Waals surface area contributed by atoms with E-state index in [0.29, 0.717) is 11.3 Å². The van der Waals surface area contributed by atoms with Crippen LogP contribution in [-0.2, 0) is 16.6 Å². The molecule has 0 spiro atoms. The Labute approximate surface area is 174 Å². The van der Waals surface area contributed by atoms with E-state index < -0.39 is 10.0 Å². The molecular weight excluding hydrogens is 409 g/mol. The van der Waals surface area contributed by atoms with Gasteiger partial charge in [-0.1, -0.05) is 0 Å². The zero-order chi connectivity index (χ0) is 21.9. The van der Waals surface area contributed by atoms with Crippen LogP contribution in [0.5, 0.6) is 5.75 Å². The van der Waals surface area contributed by atoms with Crippen molar-refractivity contribution in [3.8, 4) is 17.0 Å². The van der Waals surface area contributed by atoms with E-state index in [1.807, 2.05) is 13.8 Å². The monoisotopic (exact) mass is 431 g/mol. The van der Waals surface area contributed by atoms with Gasteiger partial charge in [0, 0.05) is 24.7 Å². The van der Waals surface area contributed by atoms with E-state index in [-0.39, 0.29) is 35.1 Å². The number of sulfonamides is 1. The van der Waals surface area contributed by atoms with E-state index in [1.54, 1.807) is 12.1 Å². The van der Waals surface area contributed by atoms with Crippen molar-refractivity contribution >= 4 is 10.0 Å². The van der Waals surface area contributed by atoms with Gasteiger partial charge < -0.3 is 4.74 Å². The third kappa shape index (κ3) is 4.74. The van der Waals surface area contributed by atoms with Crippen molar-refractivity contribution in [3.05, 3.63) is 76.1 Å². The average Bonchev–Trinajstić information content (AvgIpc) is 2.71. The van der Waals surface area contributed by atoms with Gasteiger partial charge in [-0.15, -0.1) is 0 Å². The van der Waals surface area contributed by atoms with E-state index >= 15 is 0 Å². The normalized spacial score (nSPS) is 11.5. The minimum atomic E-state index is -3.83. The van der Waals surface area contributed by atoms with Crippen molar-refractivity contribution in [3.63, 3.8) is 0 Å². The van der Waals surface area contributed by atoms with Gasteiger partial charge in [-0.05, 0) is 61.4 Å². The third-order valence-electron chi connectivity index (χ3n) is 4.73. The molecule has 0 amide bonds. The Morgan fingerprint density at radius 1 is 1.10 bits per heavy atom. The number of hydrogen-bond acceptors (Lipinski definition) is 5. The van der Waals surface area contributed by atoms with Crippen LogP contribution in [0.4, 0.5) is 4.39 Å². The summed E-state index contributed by atoms with van der Waals surface area (Å²) in [5, 5.41) is 0. The van der Waals surface area contributed by atoms with Crippen molar-refractivity contribution in [2.75, 3.05) is 13.7 Å². The van der Waals surface area contributed by atoms with Crippen LogP contribution in [0.1, 0.15) is 11.1 Å². The molecule has 0 radical (unpaired) electrons. The summed E-state index contributed by atoms with van der Waals surface area (Å²) in [4.78, 5) is 16.6. The number of benzene rings is 2. The van der Waals surface area contributed by atoms with Crippen LogP contribution in [0.2, 0.25) is 0 Å². The maximum atomic E-state index is 13.0. The van der Waals surface area contributed by atoms with Gasteiger partial charge in [0.1, 0.15) is 16.5 Å². The Morgan fingerprint density at radius 2 is 1.77 bits per heavy atom. The van der Waals surface area contributed by atoms with Crippen LogP contribution >= 0.6 is 0 Å². The Hall–Kier alpha value is -3.04. The van der Waals surface area contributed by atoms with E-state index in [1.165, 1.54) is 48.3 Å². The molecule has 0 aliphatic heterocycles. The summed E-state index contributed by atoms with van der Waals surface area (Å²) in [6, 6.07) is 10.2. The predicted molar refractivity (Wildman–Crippen MR) is 112 cm³/mol. The fraction of sp³-hybridized carbons (Fsp3) is 0.238. The number of hydrogen-bond donors (Lipinski definition) is 1. The number of ether oxygens (including phenoxy) is 1. The number of halogens is 1. The quantitative estimate of drug-likeness (QED) is 0.621. The molecule has 1 aromatic heterocycles. The van der Waals surface area contributed by atoms with Gasteiger partial charge in [-0.25, -0.2) is 22.5 Å². The lowest BCUT2D eigenvalue weighted by molar-refractivity contribution is 0.401. The molecule has 0 saturated heterocycles. The molecule has 0 fully saturated rings. The smallest absolute Gasteiger partial charge is 0.253 e. The van der Waals surface area contributed by atoms with Crippen molar-refractivity contribution in [2.45, 2.75) is 25.3 Å². The molecule has 1 N–H and O–H groups in total. The van der Waals surface area contributed by atoms with Gasteiger partial charge in [-0.3, -0.25) is 9.36 Å². The molecule has 7 nitrogen and oxygen atoms in total. The molecule has 0 atom stereocenters. The molecule has 3 rings (SSSR count). The number of aromatic nitrogens is 2. The predicted octanol–water partition coefficient (Wildman–Crippen LogP) is 2.65. The highest BCUT2D eigenvalue weighted by molar-refractivity contribution is 7.89. The van der Waals surface area contributed by atoms with Crippen molar-refractivity contribution in [2.24, 2.45) is 0 Å². The first-order valence-corrected chi connectivity index (χ1v) is 10.7. The van der Waals surface area contributed by atoms with Crippen molar-refractivity contribution in [1.82, 2.24) is 14.3 Å². The molecule has 158 valence electrons. The number of nitrogens with zero attached hydrogens (tertiary/aromatic N) is 2. The van der Waals surface area contributed by atoms with Gasteiger partial charge >= 0.3 is 0 Å². The molecule has 0 aliphatic carbocycles. The summed E-state index contributed by atoms with van der Waals surface area (Å²) >= 11 is 0. The maximum absolute atomic E-state index is 13.0. The maximum Gasteiger partial charge on any atom is 0.253 e. The Kier molecular flexibility index (Phi) is 6.33. The number of nitrogens with one attached hydrogen (secondary N) is 1. The Balaban J connectivity index is 1.73. The summed E-state index contributed by atoms with van der Waals surface area (Å²) in [5.74, 6) is -0.118. The topological polar surface area (TPSA) is 90.3 Å². The summed E-state index contributed by atoms with van der Waals surface area (Å²) < 4.78 is 47.4. The van der Waals surface area contributed by atoms with Crippen molar-refractivity contribution in [1.29, 1.82) is 0 Å². The van der Waals surface area contributed by atoms with Crippen LogP contribution in [0.25, 0.3) is 11.3 Å². The van der Waals surface area contributed by atoms with E-state index in [2.05, 4.69) is 9.71 Å². The molecular formula is C21H22FN3O4S. The van der Waals surface area contributed by atoms with Crippen LogP contribution in [-0.4, -0.2) is 31.6 Å². The molecule has 2 aromatic carbocycles. The first kappa shape index (κ1) is 21.7. The summed E-state index contributed by atoms with van der Waals surface area (Å²) in [5.41, 5.74) is 2.44. The summed E-state index contributed by atoms with van der Waals surface area (Å²) in [7, 11) is -2.41. The lowest BCUT2D eigenvalue weighted by atomic mass is 10.1. The molecule has 1 heterocycles. The van der Waals surface area contributed by atoms with Crippen molar-refractivity contribution < 1.29 is 17.5 Å². The molecule has 3 aromatic rings. The number of aryl methyl sites for hydroxylation is 2. The standard InChI is InChI=1S/C21H22FN3O4S/c1-14-10-19(29-3)20(11-15(14)2)30(27,28)24-8-9-25-13-23-18(12-21(25)26)16-4-6-17(22)7-5-16/h4-7,10-13,24H,8-9H2,1-3H3. The minimum absolute atomic E-state index is 0.00407. The van der Waals surface area contributed by atoms with Crippen LogP contribution < -0.4 is 15.0 Å². The van der Waals surface area contributed by atoms with Gasteiger partial charge in [0.05, 0.1) is 19.1 Å². The highest BCUT2D eigenvalue weighted by Crippen LogP contribution is 2.27. The van der Waals surface area contributed by atoms with Crippen LogP contribution in [0.3, 0.4) is 0 Å². The highest BCUT2D eigenvalue weighted by atomic mass is 32.2. The fourth-order valence-corrected chi connectivity index (χ4v) is 4.14. The zero-order valence-corrected chi connectivity index (χ0v) is 17.7. The van der Waals surface area contributed by atoms with E-state index in [0.717, 1.165) is 11.1 Å². The lowest BCUT2D eigenvalue weighted by Gasteiger charge is -2.13. The number of rotatable bonds is 7. The van der Waals surface area contributed by atoms with Crippen LogP contribution in [0, 0.1) is 19.7 Å². The van der Waals surface area contributed by atoms with E-state index in [4.69, 9.17) is 4.74 Å². The zero-order valence-electron chi connectivity index (χ0n) is 16.8. The van der Waals surface area contributed by atoms with Crippen LogP contribution in [0.15, 0.2) is 58.5 Å². The van der Waals surface area contributed by atoms with Gasteiger partial charge in [0.25, 0.3) is 5.56 Å². The largest absolute Gasteiger partial charge is 0.495 e. The minimum Gasteiger partial charge on any atom is -0.495 e. The number of methoxy groups -OCH3 is 1. The second-order valence-corrected chi connectivity index (χ2v) is 8.53. The van der Waals surface area contributed by atoms with E-state index in [9.17, 15) is 17.6 Å². The molecule has 0 unspecified atom stereocenters. The second kappa shape index (κ2) is 8.76. The molecule has 0 saturated carbocycles. The lowest BCUT2D eigenvalue weighted by Crippen LogP contribution is -2.31. The third-order valence-corrected chi connectivity index (χ3v) is 6.22. The molecule has 30 heavy (non-hydrogen) atoms. The van der Waals surface area contributed by atoms with Gasteiger partial charge in [0.15, 0.2) is 0 Å². The SMILES string of the molecule is COc1cc(C)c(C)cc1S(=O)(=O)NCCn1cnc(-c2ccc(F)cc2)cc1=O. The second-order valence-electron chi connectivity index (χ2n) is 6.80. The molecule has 9 heteroatoms. The molecule has 0 aliphatic rings. The fourth-order valence-electron chi connectivity index (χ4n) is 2.88. The summed E-state index contributed by atoms with van der Waals surface area (Å²) in [6.45, 7) is 3.79. The van der Waals surface area contributed by atoms with Gasteiger partial charge in [0.2, 0.25) is 10.0 Å². The summed E-state index contributed by atoms with van der Waals surface area (Å²) in [6.07, 6.45) is 1.34. The first-order valence-electron chi connectivity index (χ1n) is 9.18. The average molecular weight is 431 g/mol. The Morgan fingerprint density at radius 3 is 2.40 bits per heavy atom. The van der Waals surface area contributed by atoms with Gasteiger partial charge in [-0.2, -0.15) is 0 Å².